The topological polar surface area (TPSA) is 88.6 Å². The van der Waals surface area contributed by atoms with E-state index in [-0.39, 0.29) is 0 Å². The van der Waals surface area contributed by atoms with Gasteiger partial charge < -0.3 is 25.3 Å². The van der Waals surface area contributed by atoms with E-state index >= 15 is 0 Å². The number of aliphatic hydroxyl groups excluding tert-OH is 4. The molecule has 0 aliphatic heterocycles. The maximum absolute atomic E-state index is 9.67. The Kier molecular flexibility index (Phi) is 10.9. The van der Waals surface area contributed by atoms with Crippen molar-refractivity contribution in [1.82, 2.24) is 4.90 Å². The number of nitrogens with one attached hydrogen (secondary N) is 1. The van der Waals surface area contributed by atoms with Crippen molar-refractivity contribution in [3.8, 4) is 0 Å². The van der Waals surface area contributed by atoms with Gasteiger partial charge in [-0.25, -0.2) is 0 Å². The summed E-state index contributed by atoms with van der Waals surface area (Å²) >= 11 is 0. The summed E-state index contributed by atoms with van der Waals surface area (Å²) in [5, 5.41) is 38.2. The van der Waals surface area contributed by atoms with E-state index in [4.69, 9.17) is 0 Å². The Bertz CT molecular complexity index is 262. The number of nitrogens with zero attached hydrogens (tertiary/aromatic N) is 1. The third kappa shape index (κ3) is 11.8. The van der Waals surface area contributed by atoms with Crippen LogP contribution in [0.5, 0.6) is 0 Å². The predicted octanol–water partition coefficient (Wildman–Crippen LogP) is -2.14. The number of rotatable bonds is 12. The lowest BCUT2D eigenvalue weighted by Crippen LogP contribution is -3.14. The van der Waals surface area contributed by atoms with Crippen LogP contribution in [0.4, 0.5) is 0 Å². The predicted molar refractivity (Wildman–Crippen MR) is 83.2 cm³/mol. The second-order valence-corrected chi connectivity index (χ2v) is 6.02. The summed E-state index contributed by atoms with van der Waals surface area (Å²) in [6.07, 6.45) is -0.476. The summed E-state index contributed by atoms with van der Waals surface area (Å²) in [6.45, 7) is 12.2. The highest BCUT2D eigenvalue weighted by molar-refractivity contribution is 4.81. The summed E-state index contributed by atoms with van der Waals surface area (Å²) in [7, 11) is 0. The Morgan fingerprint density at radius 2 is 1.48 bits per heavy atom. The summed E-state index contributed by atoms with van der Waals surface area (Å²) in [5.41, 5.74) is 0. The molecule has 5 N–H and O–H groups in total. The number of aliphatic hydroxyl groups is 4. The van der Waals surface area contributed by atoms with E-state index in [1.807, 2.05) is 4.90 Å². The van der Waals surface area contributed by atoms with Crippen molar-refractivity contribution in [1.29, 1.82) is 0 Å². The van der Waals surface area contributed by atoms with E-state index in [1.165, 1.54) is 6.08 Å². The average Bonchev–Trinajstić information content (AvgIpc) is 2.33. The Morgan fingerprint density at radius 1 is 0.952 bits per heavy atom. The van der Waals surface area contributed by atoms with Gasteiger partial charge in [-0.2, -0.15) is 0 Å². The third-order valence-electron chi connectivity index (χ3n) is 3.19. The summed E-state index contributed by atoms with van der Waals surface area (Å²) in [6, 6.07) is 0. The van der Waals surface area contributed by atoms with Gasteiger partial charge in [0.05, 0.1) is 18.8 Å². The number of quaternary nitrogens is 1. The van der Waals surface area contributed by atoms with Gasteiger partial charge in [0.15, 0.2) is 0 Å². The molecule has 126 valence electrons. The molecule has 6 heteroatoms. The molecule has 0 aliphatic carbocycles. The van der Waals surface area contributed by atoms with Crippen LogP contribution in [0.25, 0.3) is 0 Å². The molecule has 0 radical (unpaired) electrons. The highest BCUT2D eigenvalue weighted by Crippen LogP contribution is 1.95. The van der Waals surface area contributed by atoms with Gasteiger partial charge in [0.25, 0.3) is 0 Å². The van der Waals surface area contributed by atoms with Gasteiger partial charge in [-0.15, -0.1) is 6.58 Å². The van der Waals surface area contributed by atoms with Crippen LogP contribution in [-0.2, 0) is 0 Å². The van der Waals surface area contributed by atoms with Gasteiger partial charge in [-0.1, -0.05) is 6.08 Å². The molecule has 0 saturated carbocycles. The molecule has 0 heterocycles. The van der Waals surface area contributed by atoms with E-state index in [1.54, 1.807) is 20.8 Å². The molecule has 21 heavy (non-hydrogen) atoms. The minimum Gasteiger partial charge on any atom is -0.392 e. The first-order chi connectivity index (χ1) is 9.74. The lowest BCUT2D eigenvalue weighted by molar-refractivity contribution is -0.905. The Morgan fingerprint density at radius 3 is 1.86 bits per heavy atom. The highest BCUT2D eigenvalue weighted by Gasteiger charge is 2.18. The smallest absolute Gasteiger partial charge is 0.103 e. The van der Waals surface area contributed by atoms with Crippen LogP contribution >= 0.6 is 0 Å². The van der Waals surface area contributed by atoms with Gasteiger partial charge in [0, 0.05) is 19.6 Å². The second-order valence-electron chi connectivity index (χ2n) is 6.02. The second kappa shape index (κ2) is 11.1. The maximum atomic E-state index is 9.67. The highest BCUT2D eigenvalue weighted by atomic mass is 16.3. The Balaban J connectivity index is 4.46. The largest absolute Gasteiger partial charge is 0.392 e. The lowest BCUT2D eigenvalue weighted by atomic mass is 10.2. The SMILES string of the molecule is C=CC(O)CN(CC[NH+](CC(C)O)CC(C)O)CC(C)O. The molecule has 0 fully saturated rings. The summed E-state index contributed by atoms with van der Waals surface area (Å²) in [4.78, 5) is 3.07. The van der Waals surface area contributed by atoms with E-state index < -0.39 is 24.4 Å². The molecule has 0 bridgehead atoms. The minimum atomic E-state index is -0.624. The molecule has 0 amide bonds. The van der Waals surface area contributed by atoms with Crippen molar-refractivity contribution >= 4 is 0 Å². The fraction of sp³-hybridized carbons (Fsp3) is 0.867. The van der Waals surface area contributed by atoms with Crippen LogP contribution in [0.15, 0.2) is 12.7 Å². The van der Waals surface area contributed by atoms with Crippen molar-refractivity contribution in [2.24, 2.45) is 0 Å². The van der Waals surface area contributed by atoms with E-state index in [0.717, 1.165) is 11.4 Å². The van der Waals surface area contributed by atoms with Crippen LogP contribution in [0, 0.1) is 0 Å². The molecule has 6 nitrogen and oxygen atoms in total. The molecule has 4 atom stereocenters. The molecule has 0 spiro atoms. The fourth-order valence-electron chi connectivity index (χ4n) is 2.41. The zero-order valence-corrected chi connectivity index (χ0v) is 13.6. The van der Waals surface area contributed by atoms with Crippen LogP contribution < -0.4 is 4.90 Å². The monoisotopic (exact) mass is 305 g/mol. The molecule has 0 rings (SSSR count). The summed E-state index contributed by atoms with van der Waals surface area (Å²) in [5.74, 6) is 0. The van der Waals surface area contributed by atoms with Crippen LogP contribution in [0.2, 0.25) is 0 Å². The van der Waals surface area contributed by atoms with Gasteiger partial charge in [-0.05, 0) is 20.8 Å². The van der Waals surface area contributed by atoms with Crippen molar-refractivity contribution in [2.75, 3.05) is 39.3 Å². The van der Waals surface area contributed by atoms with Crippen molar-refractivity contribution < 1.29 is 25.3 Å². The molecule has 0 aromatic carbocycles. The van der Waals surface area contributed by atoms with Crippen molar-refractivity contribution in [2.45, 2.75) is 45.2 Å². The average molecular weight is 305 g/mol. The first kappa shape index (κ1) is 20.5. The van der Waals surface area contributed by atoms with Gasteiger partial charge >= 0.3 is 0 Å². The fourth-order valence-corrected chi connectivity index (χ4v) is 2.41. The first-order valence-electron chi connectivity index (χ1n) is 7.65. The number of hydrogen-bond acceptors (Lipinski definition) is 5. The van der Waals surface area contributed by atoms with Gasteiger partial charge in [0.2, 0.25) is 0 Å². The zero-order valence-electron chi connectivity index (χ0n) is 13.6. The van der Waals surface area contributed by atoms with E-state index in [2.05, 4.69) is 6.58 Å². The van der Waals surface area contributed by atoms with Gasteiger partial charge in [-0.3, -0.25) is 4.90 Å². The molecule has 0 aromatic rings. The number of hydrogen-bond donors (Lipinski definition) is 5. The summed E-state index contributed by atoms with van der Waals surface area (Å²) < 4.78 is 0. The lowest BCUT2D eigenvalue weighted by Gasteiger charge is -2.28. The Hall–Kier alpha value is -0.500. The van der Waals surface area contributed by atoms with Crippen molar-refractivity contribution in [3.63, 3.8) is 0 Å². The molecule has 0 aliphatic rings. The normalized spacial score (nSPS) is 19.0. The molecule has 0 saturated heterocycles. The van der Waals surface area contributed by atoms with E-state index in [9.17, 15) is 20.4 Å². The van der Waals surface area contributed by atoms with Crippen LogP contribution in [-0.4, -0.2) is 89.0 Å². The van der Waals surface area contributed by atoms with E-state index in [0.29, 0.717) is 32.7 Å². The molecular weight excluding hydrogens is 272 g/mol. The standard InChI is InChI=1S/C15H32N2O4/c1-5-15(21)11-17(10-14(4)20)7-6-16(8-12(2)18)9-13(3)19/h5,12-15,18-21H,1,6-11H2,2-4H3/p+1. The third-order valence-corrected chi connectivity index (χ3v) is 3.19. The zero-order chi connectivity index (χ0) is 16.4. The minimum absolute atomic E-state index is 0.422. The molecule has 0 aromatic heterocycles. The van der Waals surface area contributed by atoms with Gasteiger partial charge in [0.1, 0.15) is 25.3 Å². The maximum Gasteiger partial charge on any atom is 0.103 e. The first-order valence-corrected chi connectivity index (χ1v) is 7.65. The van der Waals surface area contributed by atoms with Crippen LogP contribution in [0.1, 0.15) is 20.8 Å². The molecule has 4 unspecified atom stereocenters. The van der Waals surface area contributed by atoms with Crippen LogP contribution in [0.3, 0.4) is 0 Å². The molecular formula is C15H33N2O4+. The Labute approximate surface area is 128 Å². The quantitative estimate of drug-likeness (QED) is 0.266. The van der Waals surface area contributed by atoms with Crippen molar-refractivity contribution in [3.05, 3.63) is 12.7 Å².